The minimum Gasteiger partial charge on any atom is -0.459 e. The van der Waals surface area contributed by atoms with Crippen molar-refractivity contribution in [1.82, 2.24) is 4.90 Å². The highest BCUT2D eigenvalue weighted by Gasteiger charge is 2.42. The van der Waals surface area contributed by atoms with Gasteiger partial charge in [0, 0.05) is 25.9 Å². The fraction of sp³-hybridized carbons (Fsp3) is 0.556. The van der Waals surface area contributed by atoms with Crippen molar-refractivity contribution in [3.63, 3.8) is 0 Å². The number of amides is 1. The number of hydrogen-bond donors (Lipinski definition) is 1. The van der Waals surface area contributed by atoms with Crippen LogP contribution in [0.15, 0.2) is 30.3 Å². The number of nitrogens with zero attached hydrogens (tertiary/aromatic N) is 1. The second-order valence-electron chi connectivity index (χ2n) is 7.06. The monoisotopic (exact) mass is 335 g/mol. The Kier molecular flexibility index (Phi) is 5.49. The van der Waals surface area contributed by atoms with Crippen molar-refractivity contribution >= 4 is 12.1 Å². The third-order valence-electron chi connectivity index (χ3n) is 3.84. The van der Waals surface area contributed by atoms with Gasteiger partial charge in [0.25, 0.3) is 0 Å². The minimum atomic E-state index is -1.55. The fourth-order valence-corrected chi connectivity index (χ4v) is 2.45. The first kappa shape index (κ1) is 18.3. The molecule has 0 unspecified atom stereocenters. The second kappa shape index (κ2) is 7.21. The largest absolute Gasteiger partial charge is 0.459 e. The number of esters is 1. The van der Waals surface area contributed by atoms with E-state index in [1.54, 1.807) is 20.8 Å². The third kappa shape index (κ3) is 4.96. The van der Waals surface area contributed by atoms with Gasteiger partial charge in [-0.15, -0.1) is 0 Å². The summed E-state index contributed by atoms with van der Waals surface area (Å²) < 4.78 is 10.5. The second-order valence-corrected chi connectivity index (χ2v) is 7.06. The number of benzene rings is 1. The molecule has 0 radical (unpaired) electrons. The van der Waals surface area contributed by atoms with Crippen LogP contribution in [0.4, 0.5) is 4.79 Å². The Bertz CT molecular complexity index is 571. The van der Waals surface area contributed by atoms with Gasteiger partial charge in [-0.1, -0.05) is 30.3 Å². The molecule has 1 heterocycles. The Morgan fingerprint density at radius 1 is 1.17 bits per heavy atom. The molecule has 0 saturated carbocycles. The molecule has 1 aliphatic heterocycles. The molecular weight excluding hydrogens is 310 g/mol. The molecule has 0 bridgehead atoms. The van der Waals surface area contributed by atoms with E-state index in [1.807, 2.05) is 30.3 Å². The Balaban J connectivity index is 1.85. The highest BCUT2D eigenvalue weighted by atomic mass is 16.6. The lowest BCUT2D eigenvalue weighted by Gasteiger charge is -2.36. The Labute approximate surface area is 142 Å². The molecule has 132 valence electrons. The van der Waals surface area contributed by atoms with E-state index in [0.717, 1.165) is 5.56 Å². The van der Waals surface area contributed by atoms with Gasteiger partial charge in [-0.05, 0) is 26.3 Å². The van der Waals surface area contributed by atoms with Gasteiger partial charge in [-0.25, -0.2) is 9.59 Å². The number of carbonyl (C=O) groups is 2. The molecule has 0 aromatic heterocycles. The van der Waals surface area contributed by atoms with E-state index in [1.165, 1.54) is 4.90 Å². The van der Waals surface area contributed by atoms with Crippen LogP contribution in [-0.2, 0) is 20.9 Å². The van der Waals surface area contributed by atoms with Crippen LogP contribution >= 0.6 is 0 Å². The Morgan fingerprint density at radius 3 is 2.29 bits per heavy atom. The zero-order valence-corrected chi connectivity index (χ0v) is 14.4. The number of hydrogen-bond acceptors (Lipinski definition) is 5. The molecule has 1 saturated heterocycles. The number of piperidine rings is 1. The van der Waals surface area contributed by atoms with Crippen molar-refractivity contribution in [2.24, 2.45) is 0 Å². The van der Waals surface area contributed by atoms with E-state index >= 15 is 0 Å². The van der Waals surface area contributed by atoms with E-state index < -0.39 is 23.3 Å². The van der Waals surface area contributed by atoms with Gasteiger partial charge >= 0.3 is 12.1 Å². The lowest BCUT2D eigenvalue weighted by molar-refractivity contribution is -0.171. The van der Waals surface area contributed by atoms with Crippen LogP contribution in [0.3, 0.4) is 0 Å². The average molecular weight is 335 g/mol. The lowest BCUT2D eigenvalue weighted by Crippen LogP contribution is -2.52. The van der Waals surface area contributed by atoms with Crippen LogP contribution in [0, 0.1) is 0 Å². The number of aliphatic hydroxyl groups is 1. The van der Waals surface area contributed by atoms with E-state index in [9.17, 15) is 14.7 Å². The molecule has 24 heavy (non-hydrogen) atoms. The van der Waals surface area contributed by atoms with E-state index in [0.29, 0.717) is 0 Å². The van der Waals surface area contributed by atoms with Crippen LogP contribution in [0.1, 0.15) is 39.2 Å². The summed E-state index contributed by atoms with van der Waals surface area (Å²) in [6, 6.07) is 9.30. The standard InChI is InChI=1S/C18H25NO5/c1-17(2,3)24-16(21)19-11-9-18(22,10-12-19)15(20)23-13-14-7-5-4-6-8-14/h4-8,22H,9-13H2,1-3H3. The normalized spacial score (nSPS) is 17.2. The zero-order chi connectivity index (χ0) is 17.8. The maximum Gasteiger partial charge on any atom is 0.410 e. The van der Waals surface area contributed by atoms with E-state index in [-0.39, 0.29) is 32.5 Å². The molecule has 1 N–H and O–H groups in total. The molecule has 1 aliphatic rings. The highest BCUT2D eigenvalue weighted by Crippen LogP contribution is 2.25. The molecule has 0 atom stereocenters. The van der Waals surface area contributed by atoms with Crippen molar-refractivity contribution in [1.29, 1.82) is 0 Å². The lowest BCUT2D eigenvalue weighted by atomic mass is 9.92. The number of rotatable bonds is 3. The molecule has 0 aliphatic carbocycles. The van der Waals surface area contributed by atoms with Crippen molar-refractivity contribution in [2.75, 3.05) is 13.1 Å². The van der Waals surface area contributed by atoms with Crippen LogP contribution in [0.5, 0.6) is 0 Å². The van der Waals surface area contributed by atoms with Crippen LogP contribution in [0.2, 0.25) is 0 Å². The molecule has 1 aromatic carbocycles. The van der Waals surface area contributed by atoms with Gasteiger partial charge in [0.15, 0.2) is 5.60 Å². The van der Waals surface area contributed by atoms with Gasteiger partial charge in [-0.2, -0.15) is 0 Å². The summed E-state index contributed by atoms with van der Waals surface area (Å²) >= 11 is 0. The number of ether oxygens (including phenoxy) is 2. The smallest absolute Gasteiger partial charge is 0.410 e. The summed E-state index contributed by atoms with van der Waals surface area (Å²) in [5, 5.41) is 10.5. The molecule has 1 fully saturated rings. The third-order valence-corrected chi connectivity index (χ3v) is 3.84. The van der Waals surface area contributed by atoms with Crippen LogP contribution < -0.4 is 0 Å². The van der Waals surface area contributed by atoms with Crippen molar-refractivity contribution in [2.45, 2.75) is 51.4 Å². The average Bonchev–Trinajstić information content (AvgIpc) is 2.52. The maximum absolute atomic E-state index is 12.2. The predicted octanol–water partition coefficient (Wildman–Crippen LogP) is 2.49. The van der Waals surface area contributed by atoms with E-state index in [2.05, 4.69) is 0 Å². The summed E-state index contributed by atoms with van der Waals surface area (Å²) in [4.78, 5) is 25.7. The topological polar surface area (TPSA) is 76.1 Å². The summed E-state index contributed by atoms with van der Waals surface area (Å²) in [7, 11) is 0. The molecule has 1 amide bonds. The number of carbonyl (C=O) groups excluding carboxylic acids is 2. The van der Waals surface area contributed by atoms with Gasteiger partial charge in [-0.3, -0.25) is 0 Å². The summed E-state index contributed by atoms with van der Waals surface area (Å²) in [5.74, 6) is -0.643. The molecule has 1 aromatic rings. The molecular formula is C18H25NO5. The maximum atomic E-state index is 12.2. The Morgan fingerprint density at radius 2 is 1.75 bits per heavy atom. The molecule has 2 rings (SSSR count). The first-order chi connectivity index (χ1) is 11.2. The van der Waals surface area contributed by atoms with Crippen LogP contribution in [-0.4, -0.2) is 46.4 Å². The molecule has 0 spiro atoms. The number of likely N-dealkylation sites (tertiary alicyclic amines) is 1. The first-order valence-electron chi connectivity index (χ1n) is 8.11. The van der Waals surface area contributed by atoms with Gasteiger partial charge in [0.05, 0.1) is 0 Å². The minimum absolute atomic E-state index is 0.123. The SMILES string of the molecule is CC(C)(C)OC(=O)N1CCC(O)(C(=O)OCc2ccccc2)CC1. The van der Waals surface area contributed by atoms with Gasteiger partial charge < -0.3 is 19.5 Å². The zero-order valence-electron chi connectivity index (χ0n) is 14.4. The van der Waals surface area contributed by atoms with E-state index in [4.69, 9.17) is 9.47 Å². The van der Waals surface area contributed by atoms with Gasteiger partial charge in [0.2, 0.25) is 0 Å². The molecule has 6 heteroatoms. The first-order valence-corrected chi connectivity index (χ1v) is 8.11. The summed E-state index contributed by atoms with van der Waals surface area (Å²) in [6.07, 6.45) is -0.151. The van der Waals surface area contributed by atoms with Crippen molar-refractivity contribution in [3.05, 3.63) is 35.9 Å². The summed E-state index contributed by atoms with van der Waals surface area (Å²) in [5.41, 5.74) is -1.26. The summed E-state index contributed by atoms with van der Waals surface area (Å²) in [6.45, 7) is 6.03. The van der Waals surface area contributed by atoms with Crippen molar-refractivity contribution in [3.8, 4) is 0 Å². The highest BCUT2D eigenvalue weighted by molar-refractivity contribution is 5.80. The quantitative estimate of drug-likeness (QED) is 0.859. The molecule has 6 nitrogen and oxygen atoms in total. The Hall–Kier alpha value is -2.08. The van der Waals surface area contributed by atoms with Gasteiger partial charge in [0.1, 0.15) is 12.2 Å². The predicted molar refractivity (Wildman–Crippen MR) is 88.2 cm³/mol. The van der Waals surface area contributed by atoms with Crippen LogP contribution in [0.25, 0.3) is 0 Å². The van der Waals surface area contributed by atoms with Crippen molar-refractivity contribution < 1.29 is 24.2 Å². The fourth-order valence-electron chi connectivity index (χ4n) is 2.45.